The van der Waals surface area contributed by atoms with Crippen molar-refractivity contribution in [2.24, 2.45) is 5.92 Å². The molecule has 0 heterocycles. The smallest absolute Gasteiger partial charge is 0.0945 e. The Morgan fingerprint density at radius 3 is 2.32 bits per heavy atom. The summed E-state index contributed by atoms with van der Waals surface area (Å²) in [7, 11) is 0. The van der Waals surface area contributed by atoms with Crippen LogP contribution in [0.15, 0.2) is 30.3 Å². The molecule has 0 aliphatic heterocycles. The van der Waals surface area contributed by atoms with Crippen molar-refractivity contribution in [2.45, 2.75) is 58.2 Å². The zero-order valence-corrected chi connectivity index (χ0v) is 12.4. The van der Waals surface area contributed by atoms with Crippen molar-refractivity contribution in [3.8, 4) is 0 Å². The Labute approximate surface area is 117 Å². The lowest BCUT2D eigenvalue weighted by atomic mass is 9.97. The summed E-state index contributed by atoms with van der Waals surface area (Å²) in [6.07, 6.45) is 3.33. The summed E-state index contributed by atoms with van der Waals surface area (Å²) in [4.78, 5) is 2.50. The van der Waals surface area contributed by atoms with Gasteiger partial charge in [-0.2, -0.15) is 0 Å². The summed E-state index contributed by atoms with van der Waals surface area (Å²) in [5.74, 6) is 0.861. The molecule has 2 rings (SSSR count). The van der Waals surface area contributed by atoms with E-state index < -0.39 is 0 Å². The minimum atomic E-state index is -0.382. The molecule has 0 spiro atoms. The van der Waals surface area contributed by atoms with Gasteiger partial charge in [0.05, 0.1) is 6.10 Å². The van der Waals surface area contributed by atoms with Crippen LogP contribution in [-0.4, -0.2) is 28.6 Å². The highest BCUT2D eigenvalue weighted by atomic mass is 16.3. The number of benzene rings is 1. The van der Waals surface area contributed by atoms with Gasteiger partial charge >= 0.3 is 0 Å². The largest absolute Gasteiger partial charge is 0.387 e. The van der Waals surface area contributed by atoms with Crippen LogP contribution in [0.3, 0.4) is 0 Å². The quantitative estimate of drug-likeness (QED) is 0.810. The first kappa shape index (κ1) is 14.5. The predicted molar refractivity (Wildman–Crippen MR) is 80.0 cm³/mol. The molecule has 1 N–H and O–H groups in total. The molecule has 1 aromatic carbocycles. The maximum absolute atomic E-state index is 10.7. The minimum absolute atomic E-state index is 0.225. The molecule has 0 aromatic heterocycles. The number of nitrogens with zero attached hydrogens (tertiary/aromatic N) is 1. The van der Waals surface area contributed by atoms with Crippen LogP contribution in [0.25, 0.3) is 0 Å². The van der Waals surface area contributed by atoms with Gasteiger partial charge in [0.25, 0.3) is 0 Å². The molecule has 19 heavy (non-hydrogen) atoms. The average Bonchev–Trinajstić information content (AvgIpc) is 3.23. The molecule has 0 amide bonds. The molecule has 1 aromatic rings. The highest BCUT2D eigenvalue weighted by Crippen LogP contribution is 2.33. The van der Waals surface area contributed by atoms with Gasteiger partial charge < -0.3 is 5.11 Å². The highest BCUT2D eigenvalue weighted by molar-refractivity contribution is 5.19. The van der Waals surface area contributed by atoms with E-state index in [4.69, 9.17) is 0 Å². The number of rotatable bonds is 7. The summed E-state index contributed by atoms with van der Waals surface area (Å²) in [5.41, 5.74) is 1.04. The molecule has 106 valence electrons. The third kappa shape index (κ3) is 3.80. The van der Waals surface area contributed by atoms with E-state index in [1.807, 2.05) is 30.3 Å². The van der Waals surface area contributed by atoms with E-state index in [1.54, 1.807) is 0 Å². The third-order valence-corrected chi connectivity index (χ3v) is 4.18. The maximum Gasteiger partial charge on any atom is 0.0945 e. The molecule has 1 aliphatic rings. The molecule has 1 fully saturated rings. The van der Waals surface area contributed by atoms with Crippen LogP contribution in [-0.2, 0) is 0 Å². The van der Waals surface area contributed by atoms with Crippen molar-refractivity contribution < 1.29 is 5.11 Å². The second-order valence-electron chi connectivity index (χ2n) is 6.07. The molecule has 1 saturated carbocycles. The molecular formula is C17H27NO. The molecule has 2 nitrogen and oxygen atoms in total. The van der Waals surface area contributed by atoms with E-state index in [2.05, 4.69) is 25.7 Å². The first-order chi connectivity index (χ1) is 9.13. The van der Waals surface area contributed by atoms with E-state index in [-0.39, 0.29) is 12.1 Å². The summed E-state index contributed by atoms with van der Waals surface area (Å²) in [6, 6.07) is 10.8. The van der Waals surface area contributed by atoms with Gasteiger partial charge in [-0.05, 0) is 44.6 Å². The molecule has 2 unspecified atom stereocenters. The predicted octanol–water partition coefficient (Wildman–Crippen LogP) is 3.62. The molecule has 2 heteroatoms. The van der Waals surface area contributed by atoms with Gasteiger partial charge in [-0.3, -0.25) is 4.90 Å². The van der Waals surface area contributed by atoms with E-state index in [0.717, 1.165) is 24.4 Å². The first-order valence-electron chi connectivity index (χ1n) is 7.62. The number of hydrogen-bond acceptors (Lipinski definition) is 2. The summed E-state index contributed by atoms with van der Waals surface area (Å²) >= 11 is 0. The standard InChI is InChI=1S/C17H27NO/c1-4-16(17(19)15-8-6-5-7-9-15)18(13(2)3)12-14-10-11-14/h5-9,13-14,16-17,19H,4,10-12H2,1-3H3. The van der Waals surface area contributed by atoms with E-state index >= 15 is 0 Å². The average molecular weight is 261 g/mol. The normalized spacial score (nSPS) is 18.8. The van der Waals surface area contributed by atoms with Crippen molar-refractivity contribution in [1.29, 1.82) is 0 Å². The Kier molecular flexibility index (Phi) is 5.00. The van der Waals surface area contributed by atoms with Crippen molar-refractivity contribution in [3.63, 3.8) is 0 Å². The lowest BCUT2D eigenvalue weighted by Crippen LogP contribution is -2.44. The molecule has 1 aliphatic carbocycles. The maximum atomic E-state index is 10.7. The Hall–Kier alpha value is -0.860. The number of aliphatic hydroxyl groups excluding tert-OH is 1. The fourth-order valence-corrected chi connectivity index (χ4v) is 2.84. The zero-order valence-electron chi connectivity index (χ0n) is 12.4. The topological polar surface area (TPSA) is 23.5 Å². The van der Waals surface area contributed by atoms with E-state index in [9.17, 15) is 5.11 Å². The van der Waals surface area contributed by atoms with Crippen LogP contribution >= 0.6 is 0 Å². The second kappa shape index (κ2) is 6.53. The van der Waals surface area contributed by atoms with Crippen LogP contribution in [0.4, 0.5) is 0 Å². The van der Waals surface area contributed by atoms with Gasteiger partial charge in [0.15, 0.2) is 0 Å². The van der Waals surface area contributed by atoms with Crippen molar-refractivity contribution >= 4 is 0 Å². The van der Waals surface area contributed by atoms with Gasteiger partial charge in [0.1, 0.15) is 0 Å². The van der Waals surface area contributed by atoms with Crippen LogP contribution < -0.4 is 0 Å². The Bertz CT molecular complexity index is 372. The lowest BCUT2D eigenvalue weighted by Gasteiger charge is -2.37. The summed E-state index contributed by atoms with van der Waals surface area (Å²) in [5, 5.41) is 10.7. The van der Waals surface area contributed by atoms with Gasteiger partial charge in [-0.25, -0.2) is 0 Å². The molecular weight excluding hydrogens is 234 g/mol. The monoisotopic (exact) mass is 261 g/mol. The van der Waals surface area contributed by atoms with E-state index in [1.165, 1.54) is 12.8 Å². The Morgan fingerprint density at radius 1 is 1.21 bits per heavy atom. The SMILES string of the molecule is CCC(C(O)c1ccccc1)N(CC1CC1)C(C)C. The molecule has 0 radical (unpaired) electrons. The fourth-order valence-electron chi connectivity index (χ4n) is 2.84. The molecule has 2 atom stereocenters. The summed E-state index contributed by atoms with van der Waals surface area (Å²) < 4.78 is 0. The third-order valence-electron chi connectivity index (χ3n) is 4.18. The van der Waals surface area contributed by atoms with Gasteiger partial charge in [-0.15, -0.1) is 0 Å². The van der Waals surface area contributed by atoms with Crippen molar-refractivity contribution in [1.82, 2.24) is 4.90 Å². The van der Waals surface area contributed by atoms with E-state index in [0.29, 0.717) is 6.04 Å². The summed E-state index contributed by atoms with van der Waals surface area (Å²) in [6.45, 7) is 7.80. The Balaban J connectivity index is 2.11. The second-order valence-corrected chi connectivity index (χ2v) is 6.07. The van der Waals surface area contributed by atoms with Gasteiger partial charge in [-0.1, -0.05) is 37.3 Å². The molecule has 0 saturated heterocycles. The van der Waals surface area contributed by atoms with Gasteiger partial charge in [0.2, 0.25) is 0 Å². The highest BCUT2D eigenvalue weighted by Gasteiger charge is 2.32. The van der Waals surface area contributed by atoms with Crippen LogP contribution in [0.1, 0.15) is 51.7 Å². The number of aliphatic hydroxyl groups is 1. The van der Waals surface area contributed by atoms with Crippen molar-refractivity contribution in [2.75, 3.05) is 6.54 Å². The first-order valence-corrected chi connectivity index (χ1v) is 7.62. The van der Waals surface area contributed by atoms with Gasteiger partial charge in [0, 0.05) is 18.6 Å². The number of hydrogen-bond donors (Lipinski definition) is 1. The fraction of sp³-hybridized carbons (Fsp3) is 0.647. The lowest BCUT2D eigenvalue weighted by molar-refractivity contribution is 0.0253. The zero-order chi connectivity index (χ0) is 13.8. The van der Waals surface area contributed by atoms with Crippen molar-refractivity contribution in [3.05, 3.63) is 35.9 Å². The van der Waals surface area contributed by atoms with Crippen LogP contribution in [0.5, 0.6) is 0 Å². The molecule has 0 bridgehead atoms. The van der Waals surface area contributed by atoms with Crippen LogP contribution in [0.2, 0.25) is 0 Å². The van der Waals surface area contributed by atoms with Crippen LogP contribution in [0, 0.1) is 5.92 Å². The Morgan fingerprint density at radius 2 is 1.84 bits per heavy atom. The minimum Gasteiger partial charge on any atom is -0.387 e.